The second kappa shape index (κ2) is 12.3. The first kappa shape index (κ1) is 24.7. The molecule has 2 aromatic rings. The normalized spacial score (nSPS) is 12.8. The molecule has 0 bridgehead atoms. The van der Waals surface area contributed by atoms with Crippen molar-refractivity contribution in [3.8, 4) is 11.5 Å². The number of ether oxygens (including phenoxy) is 3. The van der Waals surface area contributed by atoms with Gasteiger partial charge in [0.15, 0.2) is 17.6 Å². The SMILES string of the molecule is COc1ccc([C@H](OC(=O)Nc2ccc(C)cc2)[C@H](CC/C=C/C(=O)NO)OC)cc1O. The van der Waals surface area contributed by atoms with Crippen molar-refractivity contribution in [2.75, 3.05) is 19.5 Å². The van der Waals surface area contributed by atoms with Gasteiger partial charge < -0.3 is 19.3 Å². The lowest BCUT2D eigenvalue weighted by atomic mass is 9.99. The Morgan fingerprint density at radius 2 is 1.84 bits per heavy atom. The van der Waals surface area contributed by atoms with Crippen LogP contribution >= 0.6 is 0 Å². The number of methoxy groups -OCH3 is 2. The summed E-state index contributed by atoms with van der Waals surface area (Å²) in [6, 6.07) is 11.9. The molecular weight excluding hydrogens is 416 g/mol. The Hall–Kier alpha value is -3.56. The first-order valence-corrected chi connectivity index (χ1v) is 9.92. The quantitative estimate of drug-likeness (QED) is 0.249. The predicted molar refractivity (Wildman–Crippen MR) is 118 cm³/mol. The third-order valence-electron chi connectivity index (χ3n) is 4.70. The van der Waals surface area contributed by atoms with Crippen LogP contribution in [-0.4, -0.2) is 42.6 Å². The van der Waals surface area contributed by atoms with Crippen molar-refractivity contribution in [2.24, 2.45) is 0 Å². The zero-order valence-electron chi connectivity index (χ0n) is 18.2. The molecule has 2 atom stereocenters. The minimum absolute atomic E-state index is 0.105. The average molecular weight is 444 g/mol. The summed E-state index contributed by atoms with van der Waals surface area (Å²) < 4.78 is 16.3. The maximum Gasteiger partial charge on any atom is 0.412 e. The van der Waals surface area contributed by atoms with Gasteiger partial charge in [-0.3, -0.25) is 15.3 Å². The van der Waals surface area contributed by atoms with Gasteiger partial charge in [-0.1, -0.05) is 29.8 Å². The molecular formula is C23H28N2O7. The third kappa shape index (κ3) is 7.29. The van der Waals surface area contributed by atoms with E-state index in [1.165, 1.54) is 31.8 Å². The Morgan fingerprint density at radius 1 is 1.12 bits per heavy atom. The van der Waals surface area contributed by atoms with Crippen molar-refractivity contribution in [3.63, 3.8) is 0 Å². The second-order valence-electron chi connectivity index (χ2n) is 6.98. The molecule has 0 spiro atoms. The standard InChI is InChI=1S/C23H28N2O7/c1-15-8-11-17(12-9-15)24-23(28)32-22(16-10-13-19(30-2)18(26)14-16)20(31-3)6-4-5-7-21(27)25-29/h5,7-14,20,22,26,29H,4,6H2,1-3H3,(H,24,28)(H,25,27)/b7-5+/t20-,22-/m0/s1. The molecule has 0 unspecified atom stereocenters. The van der Waals surface area contributed by atoms with Gasteiger partial charge in [-0.25, -0.2) is 10.3 Å². The van der Waals surface area contributed by atoms with Crippen LogP contribution in [0.25, 0.3) is 0 Å². The number of carbonyl (C=O) groups excluding carboxylic acids is 2. The molecule has 172 valence electrons. The summed E-state index contributed by atoms with van der Waals surface area (Å²) in [5.74, 6) is -0.472. The summed E-state index contributed by atoms with van der Waals surface area (Å²) in [7, 11) is 2.91. The number of aromatic hydroxyl groups is 1. The van der Waals surface area contributed by atoms with Gasteiger partial charge in [0.25, 0.3) is 5.91 Å². The minimum Gasteiger partial charge on any atom is -0.504 e. The molecule has 0 heterocycles. The van der Waals surface area contributed by atoms with Gasteiger partial charge in [0.2, 0.25) is 0 Å². The van der Waals surface area contributed by atoms with E-state index < -0.39 is 24.2 Å². The number of amides is 2. The summed E-state index contributed by atoms with van der Waals surface area (Å²) in [5, 5.41) is 21.4. The lowest BCUT2D eigenvalue weighted by Gasteiger charge is -2.26. The van der Waals surface area contributed by atoms with E-state index >= 15 is 0 Å². The topological polar surface area (TPSA) is 126 Å². The van der Waals surface area contributed by atoms with Gasteiger partial charge in [0, 0.05) is 18.9 Å². The summed E-state index contributed by atoms with van der Waals surface area (Å²) in [6.45, 7) is 1.94. The average Bonchev–Trinajstić information content (AvgIpc) is 2.79. The highest BCUT2D eigenvalue weighted by Gasteiger charge is 2.28. The molecule has 2 rings (SSSR count). The second-order valence-corrected chi connectivity index (χ2v) is 6.98. The third-order valence-corrected chi connectivity index (χ3v) is 4.70. The predicted octanol–water partition coefficient (Wildman–Crippen LogP) is 3.86. The van der Waals surface area contributed by atoms with E-state index in [9.17, 15) is 14.7 Å². The molecule has 2 amide bonds. The van der Waals surface area contributed by atoms with Crippen molar-refractivity contribution >= 4 is 17.7 Å². The number of phenols is 1. The molecule has 0 fully saturated rings. The van der Waals surface area contributed by atoms with Gasteiger partial charge in [-0.15, -0.1) is 0 Å². The van der Waals surface area contributed by atoms with E-state index in [1.807, 2.05) is 19.1 Å². The maximum absolute atomic E-state index is 12.6. The number of hydrogen-bond acceptors (Lipinski definition) is 7. The highest BCUT2D eigenvalue weighted by atomic mass is 16.6. The van der Waals surface area contributed by atoms with E-state index in [0.29, 0.717) is 24.1 Å². The minimum atomic E-state index is -0.859. The fraction of sp³-hybridized carbons (Fsp3) is 0.304. The summed E-state index contributed by atoms with van der Waals surface area (Å²) >= 11 is 0. The molecule has 32 heavy (non-hydrogen) atoms. The Labute approximate surface area is 186 Å². The number of nitrogens with one attached hydrogen (secondary N) is 2. The van der Waals surface area contributed by atoms with Crippen LogP contribution in [0.2, 0.25) is 0 Å². The van der Waals surface area contributed by atoms with Crippen LogP contribution < -0.4 is 15.5 Å². The van der Waals surface area contributed by atoms with E-state index in [-0.39, 0.29) is 11.5 Å². The molecule has 2 aromatic carbocycles. The number of rotatable bonds is 10. The largest absolute Gasteiger partial charge is 0.504 e. The lowest BCUT2D eigenvalue weighted by molar-refractivity contribution is -0.124. The number of aryl methyl sites for hydroxylation is 1. The molecule has 0 aliphatic heterocycles. The monoisotopic (exact) mass is 444 g/mol. The molecule has 0 radical (unpaired) electrons. The number of allylic oxidation sites excluding steroid dienone is 1. The van der Waals surface area contributed by atoms with Gasteiger partial charge in [-0.2, -0.15) is 0 Å². The van der Waals surface area contributed by atoms with E-state index in [4.69, 9.17) is 19.4 Å². The highest BCUT2D eigenvalue weighted by molar-refractivity contribution is 5.86. The fourth-order valence-electron chi connectivity index (χ4n) is 3.02. The van der Waals surface area contributed by atoms with Crippen molar-refractivity contribution < 1.29 is 34.1 Å². The number of hydrogen-bond donors (Lipinski definition) is 4. The Bertz CT molecular complexity index is 928. The lowest BCUT2D eigenvalue weighted by Crippen LogP contribution is -2.28. The molecule has 0 aliphatic carbocycles. The van der Waals surface area contributed by atoms with Crippen molar-refractivity contribution in [2.45, 2.75) is 32.0 Å². The van der Waals surface area contributed by atoms with Crippen molar-refractivity contribution in [1.82, 2.24) is 5.48 Å². The molecule has 0 saturated carbocycles. The van der Waals surface area contributed by atoms with Gasteiger partial charge >= 0.3 is 6.09 Å². The van der Waals surface area contributed by atoms with E-state index in [0.717, 1.165) is 5.56 Å². The van der Waals surface area contributed by atoms with Crippen molar-refractivity contribution in [1.29, 1.82) is 0 Å². The number of phenolic OH excluding ortho intramolecular Hbond substituents is 1. The summed E-state index contributed by atoms with van der Waals surface area (Å²) in [4.78, 5) is 23.7. The zero-order chi connectivity index (χ0) is 23.5. The number of hydroxylamine groups is 1. The Balaban J connectivity index is 2.21. The smallest absolute Gasteiger partial charge is 0.412 e. The summed E-state index contributed by atoms with van der Waals surface area (Å²) in [6.07, 6.45) is 1.41. The summed E-state index contributed by atoms with van der Waals surface area (Å²) in [5.41, 5.74) is 3.64. The van der Waals surface area contributed by atoms with Crippen LogP contribution in [0.1, 0.15) is 30.1 Å². The number of carbonyl (C=O) groups is 2. The zero-order valence-corrected chi connectivity index (χ0v) is 18.2. The molecule has 9 heteroatoms. The first-order valence-electron chi connectivity index (χ1n) is 9.92. The van der Waals surface area contributed by atoms with Crippen molar-refractivity contribution in [3.05, 3.63) is 65.7 Å². The van der Waals surface area contributed by atoms with Crippen LogP contribution in [0.4, 0.5) is 10.5 Å². The van der Waals surface area contributed by atoms with E-state index in [2.05, 4.69) is 5.32 Å². The maximum atomic E-state index is 12.6. The molecule has 9 nitrogen and oxygen atoms in total. The number of benzene rings is 2. The molecule has 0 saturated heterocycles. The van der Waals surface area contributed by atoms with Crippen LogP contribution in [-0.2, 0) is 14.3 Å². The van der Waals surface area contributed by atoms with Gasteiger partial charge in [0.1, 0.15) is 0 Å². The van der Waals surface area contributed by atoms with Gasteiger partial charge in [-0.05, 0) is 49.6 Å². The first-order chi connectivity index (χ1) is 15.4. The van der Waals surface area contributed by atoms with Crippen LogP contribution in [0.3, 0.4) is 0 Å². The fourth-order valence-corrected chi connectivity index (χ4v) is 3.02. The highest BCUT2D eigenvalue weighted by Crippen LogP contribution is 2.33. The number of anilines is 1. The van der Waals surface area contributed by atoms with E-state index in [1.54, 1.807) is 30.3 Å². The van der Waals surface area contributed by atoms with Crippen LogP contribution in [0, 0.1) is 6.92 Å². The molecule has 0 aromatic heterocycles. The van der Waals surface area contributed by atoms with Crippen LogP contribution in [0.15, 0.2) is 54.6 Å². The van der Waals surface area contributed by atoms with Crippen LogP contribution in [0.5, 0.6) is 11.5 Å². The Morgan fingerprint density at radius 3 is 2.44 bits per heavy atom. The van der Waals surface area contributed by atoms with Gasteiger partial charge in [0.05, 0.1) is 13.2 Å². The Kier molecular flexibility index (Phi) is 9.52. The molecule has 4 N–H and O–H groups in total. The molecule has 0 aliphatic rings.